The SMILES string of the molecule is CC1CN(C(=O)C(C)(C)C)C(=O)C1c1nc(SCc2ccc(CN)cc2)n[nH]1. The molecule has 2 atom stereocenters. The maximum Gasteiger partial charge on any atom is 0.240 e. The summed E-state index contributed by atoms with van der Waals surface area (Å²) in [6.07, 6.45) is 0. The molecule has 2 heterocycles. The maximum absolute atomic E-state index is 12.9. The number of amides is 2. The van der Waals surface area contributed by atoms with E-state index in [9.17, 15) is 9.59 Å². The smallest absolute Gasteiger partial charge is 0.240 e. The highest BCUT2D eigenvalue weighted by Crippen LogP contribution is 2.35. The van der Waals surface area contributed by atoms with Crippen LogP contribution in [0.25, 0.3) is 0 Å². The first-order valence-corrected chi connectivity index (χ1v) is 10.4. The van der Waals surface area contributed by atoms with E-state index in [0.717, 1.165) is 16.9 Å². The Bertz CT molecular complexity index is 856. The van der Waals surface area contributed by atoms with Gasteiger partial charge in [0, 0.05) is 24.3 Å². The van der Waals surface area contributed by atoms with Gasteiger partial charge in [0.1, 0.15) is 11.7 Å². The van der Waals surface area contributed by atoms with Crippen LogP contribution in [0.3, 0.4) is 0 Å². The molecule has 1 fully saturated rings. The highest BCUT2D eigenvalue weighted by atomic mass is 32.2. The van der Waals surface area contributed by atoms with Gasteiger partial charge in [-0.3, -0.25) is 19.6 Å². The van der Waals surface area contributed by atoms with Crippen LogP contribution >= 0.6 is 11.8 Å². The van der Waals surface area contributed by atoms with Crippen LogP contribution in [0.15, 0.2) is 29.4 Å². The Morgan fingerprint density at radius 1 is 1.29 bits per heavy atom. The third-order valence-electron chi connectivity index (χ3n) is 4.86. The van der Waals surface area contributed by atoms with E-state index in [0.29, 0.717) is 24.1 Å². The van der Waals surface area contributed by atoms with Gasteiger partial charge in [-0.2, -0.15) is 0 Å². The fourth-order valence-corrected chi connectivity index (χ4v) is 4.01. The van der Waals surface area contributed by atoms with Crippen molar-refractivity contribution in [1.29, 1.82) is 0 Å². The van der Waals surface area contributed by atoms with E-state index in [2.05, 4.69) is 15.2 Å². The second-order valence-electron chi connectivity index (χ2n) is 8.27. The van der Waals surface area contributed by atoms with Crippen molar-refractivity contribution in [2.24, 2.45) is 17.1 Å². The second kappa shape index (κ2) is 8.05. The lowest BCUT2D eigenvalue weighted by atomic mass is 9.95. The van der Waals surface area contributed by atoms with Gasteiger partial charge < -0.3 is 5.73 Å². The van der Waals surface area contributed by atoms with E-state index in [1.165, 1.54) is 16.7 Å². The van der Waals surface area contributed by atoms with Crippen molar-refractivity contribution in [3.63, 3.8) is 0 Å². The molecule has 8 heteroatoms. The number of thioether (sulfide) groups is 1. The molecule has 28 heavy (non-hydrogen) atoms. The first-order valence-electron chi connectivity index (χ1n) is 9.39. The van der Waals surface area contributed by atoms with Crippen molar-refractivity contribution in [1.82, 2.24) is 20.1 Å². The van der Waals surface area contributed by atoms with Gasteiger partial charge in [-0.15, -0.1) is 5.10 Å². The summed E-state index contributed by atoms with van der Waals surface area (Å²) < 4.78 is 0. The average Bonchev–Trinajstić information content (AvgIpc) is 3.22. The minimum absolute atomic E-state index is 0.00610. The summed E-state index contributed by atoms with van der Waals surface area (Å²) in [4.78, 5) is 31.3. The molecule has 0 radical (unpaired) electrons. The number of carbonyl (C=O) groups excluding carboxylic acids is 2. The zero-order valence-electron chi connectivity index (χ0n) is 16.7. The van der Waals surface area contributed by atoms with E-state index < -0.39 is 11.3 Å². The number of nitrogens with one attached hydrogen (secondary N) is 1. The summed E-state index contributed by atoms with van der Waals surface area (Å²) in [5.41, 5.74) is 7.28. The summed E-state index contributed by atoms with van der Waals surface area (Å²) in [7, 11) is 0. The second-order valence-corrected chi connectivity index (χ2v) is 9.21. The van der Waals surface area contributed by atoms with Crippen molar-refractivity contribution in [2.75, 3.05) is 6.54 Å². The number of aromatic nitrogens is 3. The molecule has 0 aliphatic carbocycles. The molecule has 150 valence electrons. The monoisotopic (exact) mass is 401 g/mol. The van der Waals surface area contributed by atoms with Crippen LogP contribution in [0.1, 0.15) is 50.6 Å². The number of nitrogens with zero attached hydrogens (tertiary/aromatic N) is 3. The lowest BCUT2D eigenvalue weighted by Gasteiger charge is -2.24. The number of H-pyrrole nitrogens is 1. The van der Waals surface area contributed by atoms with Gasteiger partial charge in [0.2, 0.25) is 17.0 Å². The number of likely N-dealkylation sites (tertiary alicyclic amines) is 1. The van der Waals surface area contributed by atoms with Gasteiger partial charge >= 0.3 is 0 Å². The van der Waals surface area contributed by atoms with E-state index in [1.54, 1.807) is 0 Å². The normalized spacial score (nSPS) is 20.0. The van der Waals surface area contributed by atoms with E-state index >= 15 is 0 Å². The lowest BCUT2D eigenvalue weighted by Crippen LogP contribution is -2.41. The Morgan fingerprint density at radius 3 is 2.54 bits per heavy atom. The van der Waals surface area contributed by atoms with Crippen LogP contribution in [0.2, 0.25) is 0 Å². The summed E-state index contributed by atoms with van der Waals surface area (Å²) in [6.45, 7) is 8.38. The molecule has 3 N–H and O–H groups in total. The molecule has 1 aliphatic rings. The fourth-order valence-electron chi connectivity index (χ4n) is 3.25. The number of hydrogen-bond acceptors (Lipinski definition) is 6. The molecule has 3 rings (SSSR count). The molecule has 2 unspecified atom stereocenters. The molecule has 1 aliphatic heterocycles. The first kappa shape index (κ1) is 20.5. The van der Waals surface area contributed by atoms with E-state index in [4.69, 9.17) is 5.73 Å². The van der Waals surface area contributed by atoms with Crippen molar-refractivity contribution < 1.29 is 9.59 Å². The Morgan fingerprint density at radius 2 is 1.93 bits per heavy atom. The lowest BCUT2D eigenvalue weighted by molar-refractivity contribution is -0.147. The van der Waals surface area contributed by atoms with Crippen molar-refractivity contribution in [3.8, 4) is 0 Å². The molecular weight excluding hydrogens is 374 g/mol. The first-order chi connectivity index (χ1) is 13.2. The molecule has 2 aromatic rings. The number of rotatable bonds is 5. The predicted molar refractivity (Wildman–Crippen MR) is 108 cm³/mol. The van der Waals surface area contributed by atoms with Crippen LogP contribution in [0.4, 0.5) is 0 Å². The minimum Gasteiger partial charge on any atom is -0.326 e. The summed E-state index contributed by atoms with van der Waals surface area (Å²) in [5, 5.41) is 7.75. The van der Waals surface area contributed by atoms with Crippen LogP contribution in [-0.2, 0) is 21.9 Å². The Hall–Kier alpha value is -2.19. The molecule has 0 saturated carbocycles. The largest absolute Gasteiger partial charge is 0.326 e. The third kappa shape index (κ3) is 4.28. The van der Waals surface area contributed by atoms with Crippen LogP contribution in [-0.4, -0.2) is 38.4 Å². The quantitative estimate of drug-likeness (QED) is 0.747. The fraction of sp³-hybridized carbons (Fsp3) is 0.500. The highest BCUT2D eigenvalue weighted by Gasteiger charge is 2.45. The number of nitrogens with two attached hydrogens (primary N) is 1. The molecule has 1 saturated heterocycles. The molecule has 1 aromatic heterocycles. The average molecular weight is 402 g/mol. The van der Waals surface area contributed by atoms with Gasteiger partial charge in [-0.05, 0) is 17.0 Å². The zero-order chi connectivity index (χ0) is 20.5. The molecule has 0 spiro atoms. The van der Waals surface area contributed by atoms with Crippen LogP contribution < -0.4 is 5.73 Å². The number of benzene rings is 1. The topological polar surface area (TPSA) is 105 Å². The summed E-state index contributed by atoms with van der Waals surface area (Å²) >= 11 is 1.50. The van der Waals surface area contributed by atoms with Gasteiger partial charge in [0.05, 0.1) is 0 Å². The third-order valence-corrected chi connectivity index (χ3v) is 5.78. The Labute approximate surface area is 169 Å². The van der Waals surface area contributed by atoms with Crippen molar-refractivity contribution in [3.05, 3.63) is 41.2 Å². The number of imide groups is 1. The number of carbonyl (C=O) groups is 2. The van der Waals surface area contributed by atoms with Crippen molar-refractivity contribution >= 4 is 23.6 Å². The van der Waals surface area contributed by atoms with E-state index in [1.807, 2.05) is 52.0 Å². The Kier molecular flexibility index (Phi) is 5.90. The standard InChI is InChI=1S/C20H27N5O2S/c1-12-10-25(18(27)20(2,3)4)17(26)15(12)16-22-19(24-23-16)28-11-14-7-5-13(9-21)6-8-14/h5-8,12,15H,9-11,21H2,1-4H3,(H,22,23,24). The summed E-state index contributed by atoms with van der Waals surface area (Å²) in [5.74, 6) is 0.442. The van der Waals surface area contributed by atoms with Crippen molar-refractivity contribution in [2.45, 2.75) is 51.1 Å². The van der Waals surface area contributed by atoms with Gasteiger partial charge in [0.15, 0.2) is 0 Å². The predicted octanol–water partition coefficient (Wildman–Crippen LogP) is 2.69. The van der Waals surface area contributed by atoms with E-state index in [-0.39, 0.29) is 17.7 Å². The van der Waals surface area contributed by atoms with Gasteiger partial charge in [-0.25, -0.2) is 4.98 Å². The number of hydrogen-bond donors (Lipinski definition) is 2. The molecule has 7 nitrogen and oxygen atoms in total. The number of aromatic amines is 1. The maximum atomic E-state index is 12.9. The molecule has 2 amide bonds. The molecule has 0 bridgehead atoms. The highest BCUT2D eigenvalue weighted by molar-refractivity contribution is 7.98. The minimum atomic E-state index is -0.591. The Balaban J connectivity index is 1.67. The summed E-state index contributed by atoms with van der Waals surface area (Å²) in [6, 6.07) is 8.11. The van der Waals surface area contributed by atoms with Crippen LogP contribution in [0.5, 0.6) is 0 Å². The molecular formula is C20H27N5O2S. The van der Waals surface area contributed by atoms with Gasteiger partial charge in [-0.1, -0.05) is 63.7 Å². The van der Waals surface area contributed by atoms with Crippen LogP contribution in [0, 0.1) is 11.3 Å². The van der Waals surface area contributed by atoms with Gasteiger partial charge in [0.25, 0.3) is 0 Å². The molecule has 1 aromatic carbocycles. The zero-order valence-corrected chi connectivity index (χ0v) is 17.5.